The zero-order chi connectivity index (χ0) is 14.0. The van der Waals surface area contributed by atoms with Crippen LogP contribution < -0.4 is 5.32 Å². The van der Waals surface area contributed by atoms with E-state index in [0.717, 1.165) is 61.5 Å². The summed E-state index contributed by atoms with van der Waals surface area (Å²) in [6, 6.07) is 0. The zero-order valence-electron chi connectivity index (χ0n) is 12.3. The highest BCUT2D eigenvalue weighted by Crippen LogP contribution is 2.60. The van der Waals surface area contributed by atoms with Gasteiger partial charge in [-0.15, -0.1) is 0 Å². The molecule has 0 heterocycles. The average Bonchev–Trinajstić information content (AvgIpc) is 2.41. The minimum absolute atomic E-state index is 0.00448. The van der Waals surface area contributed by atoms with Crippen molar-refractivity contribution in [3.8, 4) is 0 Å². The van der Waals surface area contributed by atoms with E-state index in [1.165, 1.54) is 19.3 Å². The predicted molar refractivity (Wildman–Crippen MR) is 82.6 cm³/mol. The molecule has 0 radical (unpaired) electrons. The van der Waals surface area contributed by atoms with Crippen LogP contribution in [-0.4, -0.2) is 35.7 Å². The molecule has 0 atom stereocenters. The van der Waals surface area contributed by atoms with E-state index in [1.807, 2.05) is 11.8 Å². The van der Waals surface area contributed by atoms with Gasteiger partial charge in [-0.2, -0.15) is 11.8 Å². The molecule has 0 aliphatic heterocycles. The number of thioether (sulfide) groups is 1. The fourth-order valence-corrected chi connectivity index (χ4v) is 5.87. The molecule has 20 heavy (non-hydrogen) atoms. The Hall–Kier alpha value is -0.220. The van der Waals surface area contributed by atoms with Gasteiger partial charge < -0.3 is 10.4 Å². The van der Waals surface area contributed by atoms with E-state index in [2.05, 4.69) is 5.32 Å². The molecule has 1 amide bonds. The maximum absolute atomic E-state index is 12.6. The van der Waals surface area contributed by atoms with Gasteiger partial charge >= 0.3 is 0 Å². The number of carbonyl (C=O) groups is 1. The van der Waals surface area contributed by atoms with Crippen LogP contribution in [0, 0.1) is 23.2 Å². The van der Waals surface area contributed by atoms with Gasteiger partial charge in [0.1, 0.15) is 0 Å². The molecule has 3 nitrogen and oxygen atoms in total. The van der Waals surface area contributed by atoms with E-state index in [4.69, 9.17) is 5.11 Å². The second-order valence-corrected chi connectivity index (χ2v) is 8.37. The molecule has 0 unspecified atom stereocenters. The first-order valence-electron chi connectivity index (χ1n) is 8.19. The smallest absolute Gasteiger partial charge is 0.226 e. The molecule has 0 saturated heterocycles. The molecule has 4 aliphatic rings. The predicted octanol–water partition coefficient (Wildman–Crippen LogP) is 2.43. The lowest BCUT2D eigenvalue weighted by Crippen LogP contribution is -2.53. The van der Waals surface area contributed by atoms with E-state index in [9.17, 15) is 4.79 Å². The minimum atomic E-state index is 0.00448. The SMILES string of the molecule is O=C(NCCSCCCO)C12CC3CC(CC(C3)C1)C2. The minimum Gasteiger partial charge on any atom is -0.396 e. The first-order valence-corrected chi connectivity index (χ1v) is 9.34. The van der Waals surface area contributed by atoms with Gasteiger partial charge in [-0.25, -0.2) is 0 Å². The lowest BCUT2D eigenvalue weighted by Gasteiger charge is -2.55. The molecular formula is C16H27NO2S. The number of aliphatic hydroxyl groups is 1. The number of rotatable bonds is 7. The number of hydrogen-bond acceptors (Lipinski definition) is 3. The molecule has 4 bridgehead atoms. The van der Waals surface area contributed by atoms with Crippen molar-refractivity contribution >= 4 is 17.7 Å². The summed E-state index contributed by atoms with van der Waals surface area (Å²) >= 11 is 1.82. The standard InChI is InChI=1S/C16H27NO2S/c18-3-1-4-20-5-2-17-15(19)16-9-12-6-13(10-16)8-14(7-12)11-16/h12-14,18H,1-11H2,(H,17,19). The van der Waals surface area contributed by atoms with E-state index in [1.54, 1.807) is 0 Å². The van der Waals surface area contributed by atoms with Gasteiger partial charge in [0, 0.05) is 24.3 Å². The van der Waals surface area contributed by atoms with Gasteiger partial charge in [0.15, 0.2) is 0 Å². The Kier molecular flexibility index (Phi) is 4.61. The monoisotopic (exact) mass is 297 g/mol. The molecule has 2 N–H and O–H groups in total. The summed E-state index contributed by atoms with van der Waals surface area (Å²) in [6.45, 7) is 1.06. The number of carbonyl (C=O) groups excluding carboxylic acids is 1. The first-order chi connectivity index (χ1) is 9.72. The van der Waals surface area contributed by atoms with Crippen LogP contribution >= 0.6 is 11.8 Å². The zero-order valence-corrected chi connectivity index (χ0v) is 13.1. The van der Waals surface area contributed by atoms with Gasteiger partial charge in [0.05, 0.1) is 0 Å². The highest BCUT2D eigenvalue weighted by Gasteiger charge is 2.54. The molecule has 0 aromatic heterocycles. The maximum Gasteiger partial charge on any atom is 0.226 e. The quantitative estimate of drug-likeness (QED) is 0.710. The third-order valence-electron chi connectivity index (χ3n) is 5.50. The van der Waals surface area contributed by atoms with Crippen LogP contribution in [0.5, 0.6) is 0 Å². The Bertz CT molecular complexity index is 323. The molecule has 4 heteroatoms. The van der Waals surface area contributed by atoms with Gasteiger partial charge in [-0.1, -0.05) is 0 Å². The first kappa shape index (κ1) is 14.7. The molecule has 0 aromatic carbocycles. The van der Waals surface area contributed by atoms with Gasteiger partial charge in [0.2, 0.25) is 5.91 Å². The lowest BCUT2D eigenvalue weighted by molar-refractivity contribution is -0.146. The van der Waals surface area contributed by atoms with Gasteiger partial charge in [-0.3, -0.25) is 4.79 Å². The van der Waals surface area contributed by atoms with Crippen molar-refractivity contribution in [2.75, 3.05) is 24.7 Å². The Labute approximate surface area is 126 Å². The molecule has 4 rings (SSSR count). The third kappa shape index (κ3) is 3.01. The number of amides is 1. The topological polar surface area (TPSA) is 49.3 Å². The Morgan fingerprint density at radius 3 is 2.25 bits per heavy atom. The maximum atomic E-state index is 12.6. The van der Waals surface area contributed by atoms with Gasteiger partial charge in [-0.05, 0) is 68.5 Å². The van der Waals surface area contributed by atoms with Crippen LogP contribution in [0.15, 0.2) is 0 Å². The Morgan fingerprint density at radius 1 is 1.10 bits per heavy atom. The van der Waals surface area contributed by atoms with Crippen LogP contribution in [-0.2, 0) is 4.79 Å². The molecule has 114 valence electrons. The van der Waals surface area contributed by atoms with Crippen molar-refractivity contribution in [1.29, 1.82) is 0 Å². The largest absolute Gasteiger partial charge is 0.396 e. The Balaban J connectivity index is 1.45. The van der Waals surface area contributed by atoms with Crippen LogP contribution in [0.3, 0.4) is 0 Å². The number of nitrogens with one attached hydrogen (secondary N) is 1. The molecule has 4 saturated carbocycles. The summed E-state index contributed by atoms with van der Waals surface area (Å²) in [5, 5.41) is 11.9. The summed E-state index contributed by atoms with van der Waals surface area (Å²) in [5.41, 5.74) is 0.00448. The van der Waals surface area contributed by atoms with E-state index in [0.29, 0.717) is 5.91 Å². The summed E-state index contributed by atoms with van der Waals surface area (Å²) < 4.78 is 0. The molecule has 0 spiro atoms. The van der Waals surface area contributed by atoms with Crippen molar-refractivity contribution in [2.24, 2.45) is 23.2 Å². The second kappa shape index (κ2) is 6.27. The van der Waals surface area contributed by atoms with Crippen molar-refractivity contribution in [3.05, 3.63) is 0 Å². The van der Waals surface area contributed by atoms with Crippen LogP contribution in [0.2, 0.25) is 0 Å². The highest BCUT2D eigenvalue weighted by molar-refractivity contribution is 7.99. The highest BCUT2D eigenvalue weighted by atomic mass is 32.2. The van der Waals surface area contributed by atoms with E-state index >= 15 is 0 Å². The van der Waals surface area contributed by atoms with Crippen molar-refractivity contribution < 1.29 is 9.90 Å². The van der Waals surface area contributed by atoms with E-state index in [-0.39, 0.29) is 12.0 Å². The molecule has 4 fully saturated rings. The summed E-state index contributed by atoms with van der Waals surface area (Å²) in [5.74, 6) is 4.82. The van der Waals surface area contributed by atoms with Crippen LogP contribution in [0.4, 0.5) is 0 Å². The Morgan fingerprint density at radius 2 is 1.70 bits per heavy atom. The van der Waals surface area contributed by atoms with Crippen LogP contribution in [0.25, 0.3) is 0 Å². The van der Waals surface area contributed by atoms with Crippen molar-refractivity contribution in [1.82, 2.24) is 5.32 Å². The van der Waals surface area contributed by atoms with Crippen LogP contribution in [0.1, 0.15) is 44.9 Å². The molecule has 0 aromatic rings. The fraction of sp³-hybridized carbons (Fsp3) is 0.938. The summed E-state index contributed by atoms with van der Waals surface area (Å²) in [7, 11) is 0. The average molecular weight is 297 g/mol. The van der Waals surface area contributed by atoms with Crippen molar-refractivity contribution in [2.45, 2.75) is 44.9 Å². The van der Waals surface area contributed by atoms with Crippen molar-refractivity contribution in [3.63, 3.8) is 0 Å². The summed E-state index contributed by atoms with van der Waals surface area (Å²) in [4.78, 5) is 12.6. The summed E-state index contributed by atoms with van der Waals surface area (Å²) in [6.07, 6.45) is 8.50. The van der Waals surface area contributed by atoms with Gasteiger partial charge in [0.25, 0.3) is 0 Å². The third-order valence-corrected chi connectivity index (χ3v) is 6.57. The van der Waals surface area contributed by atoms with E-state index < -0.39 is 0 Å². The number of hydrogen-bond donors (Lipinski definition) is 2. The fourth-order valence-electron chi connectivity index (χ4n) is 5.08. The normalized spacial score (nSPS) is 38.1. The molecule has 4 aliphatic carbocycles. The second-order valence-electron chi connectivity index (χ2n) is 7.14. The molecular weight excluding hydrogens is 270 g/mol. The number of aliphatic hydroxyl groups excluding tert-OH is 1. The lowest BCUT2D eigenvalue weighted by atomic mass is 9.49.